The molecule has 0 aliphatic heterocycles. The summed E-state index contributed by atoms with van der Waals surface area (Å²) in [5, 5.41) is 8.62. The van der Waals surface area contributed by atoms with Crippen molar-refractivity contribution in [3.8, 4) is 0 Å². The van der Waals surface area contributed by atoms with Gasteiger partial charge in [-0.1, -0.05) is 26.8 Å². The Hall–Kier alpha value is -1.12. The Labute approximate surface area is 91.2 Å². The van der Waals surface area contributed by atoms with Gasteiger partial charge < -0.3 is 5.11 Å². The molecule has 0 fully saturated rings. The Morgan fingerprint density at radius 2 is 2.00 bits per heavy atom. The highest BCUT2D eigenvalue weighted by Crippen LogP contribution is 2.24. The standard InChI is InChI=1S/C12H20O3/c1-4-5-10(8-13)11(9(2)3)6-7-12(14)15/h5,8-9,11H,4,6-7H2,1-3H3,(H,14,15)/b10-5+. The second-order valence-corrected chi connectivity index (χ2v) is 4.01. The summed E-state index contributed by atoms with van der Waals surface area (Å²) in [6.07, 6.45) is 4.22. The van der Waals surface area contributed by atoms with Crippen molar-refractivity contribution >= 4 is 12.3 Å². The summed E-state index contributed by atoms with van der Waals surface area (Å²) in [6, 6.07) is 0. The number of carbonyl (C=O) groups is 2. The van der Waals surface area contributed by atoms with Gasteiger partial charge in [-0.15, -0.1) is 0 Å². The third-order valence-electron chi connectivity index (χ3n) is 2.48. The summed E-state index contributed by atoms with van der Waals surface area (Å²) >= 11 is 0. The van der Waals surface area contributed by atoms with Crippen molar-refractivity contribution in [2.24, 2.45) is 11.8 Å². The van der Waals surface area contributed by atoms with Crippen molar-refractivity contribution in [2.75, 3.05) is 0 Å². The van der Waals surface area contributed by atoms with Crippen LogP contribution in [0, 0.1) is 11.8 Å². The summed E-state index contributed by atoms with van der Waals surface area (Å²) in [7, 11) is 0. The van der Waals surface area contributed by atoms with E-state index in [0.717, 1.165) is 18.3 Å². The zero-order valence-electron chi connectivity index (χ0n) is 9.69. The lowest BCUT2D eigenvalue weighted by atomic mass is 9.84. The molecule has 86 valence electrons. The average Bonchev–Trinajstić information content (AvgIpc) is 2.15. The minimum atomic E-state index is -0.803. The summed E-state index contributed by atoms with van der Waals surface area (Å²) in [5.74, 6) is -0.437. The number of aldehydes is 1. The highest BCUT2D eigenvalue weighted by molar-refractivity contribution is 5.74. The van der Waals surface area contributed by atoms with Crippen LogP contribution in [0.3, 0.4) is 0 Å². The molecule has 1 unspecified atom stereocenters. The molecule has 0 heterocycles. The number of hydrogen-bond acceptors (Lipinski definition) is 2. The van der Waals surface area contributed by atoms with Crippen LogP contribution in [0.4, 0.5) is 0 Å². The fourth-order valence-electron chi connectivity index (χ4n) is 1.69. The predicted octanol–water partition coefficient (Wildman–Crippen LogP) is 2.66. The molecule has 0 spiro atoms. The molecule has 0 saturated carbocycles. The topological polar surface area (TPSA) is 54.4 Å². The van der Waals surface area contributed by atoms with Gasteiger partial charge in [0.15, 0.2) is 0 Å². The second-order valence-electron chi connectivity index (χ2n) is 4.01. The van der Waals surface area contributed by atoms with Crippen LogP contribution in [0.15, 0.2) is 11.6 Å². The van der Waals surface area contributed by atoms with E-state index in [1.165, 1.54) is 0 Å². The molecule has 0 radical (unpaired) electrons. The van der Waals surface area contributed by atoms with Gasteiger partial charge in [-0.3, -0.25) is 9.59 Å². The molecule has 0 amide bonds. The van der Waals surface area contributed by atoms with Gasteiger partial charge in [0, 0.05) is 6.42 Å². The smallest absolute Gasteiger partial charge is 0.303 e. The van der Waals surface area contributed by atoms with E-state index in [2.05, 4.69) is 0 Å². The molecule has 1 N–H and O–H groups in total. The maximum Gasteiger partial charge on any atom is 0.303 e. The molecule has 0 aromatic heterocycles. The Morgan fingerprint density at radius 1 is 1.40 bits per heavy atom. The van der Waals surface area contributed by atoms with Crippen molar-refractivity contribution < 1.29 is 14.7 Å². The number of hydrogen-bond donors (Lipinski definition) is 1. The van der Waals surface area contributed by atoms with Crippen LogP contribution < -0.4 is 0 Å². The molecular formula is C12H20O3. The van der Waals surface area contributed by atoms with Gasteiger partial charge in [-0.2, -0.15) is 0 Å². The average molecular weight is 212 g/mol. The van der Waals surface area contributed by atoms with Crippen LogP contribution in [-0.2, 0) is 9.59 Å². The Kier molecular flexibility index (Phi) is 6.67. The highest BCUT2D eigenvalue weighted by atomic mass is 16.4. The number of aliphatic carboxylic acids is 1. The zero-order valence-corrected chi connectivity index (χ0v) is 9.69. The summed E-state index contributed by atoms with van der Waals surface area (Å²) in [5.41, 5.74) is 0.744. The van der Waals surface area contributed by atoms with E-state index in [1.54, 1.807) is 0 Å². The first kappa shape index (κ1) is 13.9. The van der Waals surface area contributed by atoms with Crippen molar-refractivity contribution in [1.82, 2.24) is 0 Å². The summed E-state index contributed by atoms with van der Waals surface area (Å²) in [4.78, 5) is 21.4. The fraction of sp³-hybridized carbons (Fsp3) is 0.667. The molecule has 0 aromatic carbocycles. The van der Waals surface area contributed by atoms with Crippen molar-refractivity contribution in [3.05, 3.63) is 11.6 Å². The first-order valence-corrected chi connectivity index (χ1v) is 5.39. The quantitative estimate of drug-likeness (QED) is 0.521. The first-order chi connectivity index (χ1) is 7.02. The molecule has 0 aliphatic rings. The van der Waals surface area contributed by atoms with E-state index in [1.807, 2.05) is 26.8 Å². The van der Waals surface area contributed by atoms with Gasteiger partial charge in [-0.25, -0.2) is 0 Å². The SMILES string of the molecule is CC/C=C(\C=O)C(CCC(=O)O)C(C)C. The van der Waals surface area contributed by atoms with Crippen LogP contribution in [0.2, 0.25) is 0 Å². The van der Waals surface area contributed by atoms with E-state index >= 15 is 0 Å². The number of carboxylic acid groups (broad SMARTS) is 1. The molecule has 0 rings (SSSR count). The van der Waals surface area contributed by atoms with Gasteiger partial charge in [0.2, 0.25) is 0 Å². The lowest BCUT2D eigenvalue weighted by Crippen LogP contribution is -2.14. The monoisotopic (exact) mass is 212 g/mol. The van der Waals surface area contributed by atoms with E-state index in [0.29, 0.717) is 12.3 Å². The number of rotatable bonds is 7. The third-order valence-corrected chi connectivity index (χ3v) is 2.48. The molecular weight excluding hydrogens is 192 g/mol. The van der Waals surface area contributed by atoms with Crippen LogP contribution in [0.1, 0.15) is 40.0 Å². The molecule has 15 heavy (non-hydrogen) atoms. The van der Waals surface area contributed by atoms with Crippen molar-refractivity contribution in [3.63, 3.8) is 0 Å². The predicted molar refractivity (Wildman–Crippen MR) is 59.6 cm³/mol. The Balaban J connectivity index is 4.55. The van der Waals surface area contributed by atoms with E-state index < -0.39 is 5.97 Å². The van der Waals surface area contributed by atoms with Crippen LogP contribution in [-0.4, -0.2) is 17.4 Å². The van der Waals surface area contributed by atoms with Gasteiger partial charge in [0.05, 0.1) is 0 Å². The first-order valence-electron chi connectivity index (χ1n) is 5.39. The number of carboxylic acids is 1. The second kappa shape index (κ2) is 7.21. The Morgan fingerprint density at radius 3 is 2.33 bits per heavy atom. The van der Waals surface area contributed by atoms with E-state index in [4.69, 9.17) is 5.11 Å². The van der Waals surface area contributed by atoms with Crippen LogP contribution >= 0.6 is 0 Å². The third kappa shape index (κ3) is 5.35. The fourth-order valence-corrected chi connectivity index (χ4v) is 1.69. The minimum absolute atomic E-state index is 0.0681. The summed E-state index contributed by atoms with van der Waals surface area (Å²) in [6.45, 7) is 6.00. The zero-order chi connectivity index (χ0) is 11.8. The van der Waals surface area contributed by atoms with Crippen molar-refractivity contribution in [2.45, 2.75) is 40.0 Å². The van der Waals surface area contributed by atoms with Crippen LogP contribution in [0.25, 0.3) is 0 Å². The van der Waals surface area contributed by atoms with E-state index in [-0.39, 0.29) is 12.3 Å². The summed E-state index contributed by atoms with van der Waals surface area (Å²) < 4.78 is 0. The van der Waals surface area contributed by atoms with Gasteiger partial charge in [0.1, 0.15) is 6.29 Å². The lowest BCUT2D eigenvalue weighted by Gasteiger charge is -2.20. The maximum atomic E-state index is 10.9. The highest BCUT2D eigenvalue weighted by Gasteiger charge is 2.18. The minimum Gasteiger partial charge on any atom is -0.481 e. The number of carbonyl (C=O) groups excluding carboxylic acids is 1. The maximum absolute atomic E-state index is 10.9. The molecule has 0 bridgehead atoms. The molecule has 3 nitrogen and oxygen atoms in total. The normalized spacial score (nSPS) is 14.0. The molecule has 1 atom stereocenters. The van der Waals surface area contributed by atoms with Gasteiger partial charge in [0.25, 0.3) is 0 Å². The number of allylic oxidation sites excluding steroid dienone is 2. The van der Waals surface area contributed by atoms with Gasteiger partial charge >= 0.3 is 5.97 Å². The van der Waals surface area contributed by atoms with Crippen molar-refractivity contribution in [1.29, 1.82) is 0 Å². The molecule has 0 saturated heterocycles. The molecule has 0 aromatic rings. The largest absolute Gasteiger partial charge is 0.481 e. The molecule has 3 heteroatoms. The van der Waals surface area contributed by atoms with Gasteiger partial charge in [-0.05, 0) is 30.3 Å². The van der Waals surface area contributed by atoms with E-state index in [9.17, 15) is 9.59 Å². The van der Waals surface area contributed by atoms with Crippen LogP contribution in [0.5, 0.6) is 0 Å². The molecule has 0 aliphatic carbocycles. The lowest BCUT2D eigenvalue weighted by molar-refractivity contribution is -0.137. The Bertz CT molecular complexity index is 241.